The molecule has 2 fully saturated rings. The highest BCUT2D eigenvalue weighted by Crippen LogP contribution is 2.10. The molecule has 2 N–H and O–H groups in total. The molecule has 1 atom stereocenters. The zero-order valence-corrected chi connectivity index (χ0v) is 13.5. The molecule has 0 amide bonds. The van der Waals surface area contributed by atoms with Crippen molar-refractivity contribution >= 4 is 0 Å². The van der Waals surface area contributed by atoms with Crippen LogP contribution < -0.4 is 5.32 Å². The second kappa shape index (κ2) is 9.71. The first-order chi connectivity index (χ1) is 10.3. The fourth-order valence-electron chi connectivity index (χ4n) is 3.03. The van der Waals surface area contributed by atoms with E-state index >= 15 is 0 Å². The van der Waals surface area contributed by atoms with Crippen LogP contribution in [0.3, 0.4) is 0 Å². The lowest BCUT2D eigenvalue weighted by atomic mass is 10.2. The van der Waals surface area contributed by atoms with Crippen LogP contribution in [0.1, 0.15) is 12.8 Å². The van der Waals surface area contributed by atoms with Gasteiger partial charge >= 0.3 is 0 Å². The molecule has 2 rings (SSSR count). The van der Waals surface area contributed by atoms with Gasteiger partial charge in [-0.1, -0.05) is 0 Å². The van der Waals surface area contributed by atoms with Crippen LogP contribution >= 0.6 is 0 Å². The van der Waals surface area contributed by atoms with E-state index in [9.17, 15) is 5.11 Å². The molecular formula is C15H32N4O2. The molecule has 2 heterocycles. The van der Waals surface area contributed by atoms with Gasteiger partial charge in [-0.15, -0.1) is 0 Å². The standard InChI is InChI=1S/C15H32N4O2/c1-17-9-11-19(12-10-17)15(3-13-20)21-14-2-6-18-7-4-16-5-8-18/h15-16,20H,2-14H2,1H3. The lowest BCUT2D eigenvalue weighted by molar-refractivity contribution is -0.0855. The molecule has 0 aromatic carbocycles. The molecular weight excluding hydrogens is 268 g/mol. The molecule has 6 nitrogen and oxygen atoms in total. The summed E-state index contributed by atoms with van der Waals surface area (Å²) in [5.74, 6) is 0. The summed E-state index contributed by atoms with van der Waals surface area (Å²) in [6, 6.07) is 0. The van der Waals surface area contributed by atoms with E-state index in [0.29, 0.717) is 0 Å². The van der Waals surface area contributed by atoms with E-state index in [0.717, 1.165) is 78.4 Å². The maximum Gasteiger partial charge on any atom is 0.112 e. The Kier molecular flexibility index (Phi) is 7.92. The predicted octanol–water partition coefficient (Wildman–Crippen LogP) is -0.746. The number of nitrogens with zero attached hydrogens (tertiary/aromatic N) is 3. The number of hydrogen-bond donors (Lipinski definition) is 2. The van der Waals surface area contributed by atoms with Crippen molar-refractivity contribution < 1.29 is 9.84 Å². The molecule has 21 heavy (non-hydrogen) atoms. The Morgan fingerprint density at radius 1 is 1.10 bits per heavy atom. The van der Waals surface area contributed by atoms with Crippen LogP contribution in [0, 0.1) is 0 Å². The number of hydrogen-bond acceptors (Lipinski definition) is 6. The fraction of sp³-hybridized carbons (Fsp3) is 1.00. The first-order valence-corrected chi connectivity index (χ1v) is 8.37. The van der Waals surface area contributed by atoms with Gasteiger partial charge < -0.3 is 25.0 Å². The predicted molar refractivity (Wildman–Crippen MR) is 84.4 cm³/mol. The topological polar surface area (TPSA) is 51.2 Å². The maximum atomic E-state index is 9.25. The molecule has 2 aliphatic rings. The van der Waals surface area contributed by atoms with Crippen molar-refractivity contribution in [1.82, 2.24) is 20.0 Å². The number of aliphatic hydroxyl groups is 1. The summed E-state index contributed by atoms with van der Waals surface area (Å²) in [5, 5.41) is 12.6. The number of piperazine rings is 2. The highest BCUT2D eigenvalue weighted by Gasteiger charge is 2.22. The Morgan fingerprint density at radius 3 is 2.48 bits per heavy atom. The average molecular weight is 300 g/mol. The zero-order chi connectivity index (χ0) is 14.9. The van der Waals surface area contributed by atoms with Crippen LogP contribution in [0.2, 0.25) is 0 Å². The summed E-state index contributed by atoms with van der Waals surface area (Å²) in [5.41, 5.74) is 0. The molecule has 0 aromatic rings. The van der Waals surface area contributed by atoms with Gasteiger partial charge in [-0.2, -0.15) is 0 Å². The van der Waals surface area contributed by atoms with Gasteiger partial charge in [0.15, 0.2) is 0 Å². The lowest BCUT2D eigenvalue weighted by Gasteiger charge is -2.37. The largest absolute Gasteiger partial charge is 0.396 e. The molecule has 0 aromatic heterocycles. The number of rotatable bonds is 8. The number of ether oxygens (including phenoxy) is 1. The molecule has 6 heteroatoms. The quantitative estimate of drug-likeness (QED) is 0.576. The van der Waals surface area contributed by atoms with Crippen molar-refractivity contribution in [1.29, 1.82) is 0 Å². The summed E-state index contributed by atoms with van der Waals surface area (Å²) in [6.45, 7) is 10.9. The van der Waals surface area contributed by atoms with Crippen molar-refractivity contribution in [2.24, 2.45) is 0 Å². The van der Waals surface area contributed by atoms with Crippen molar-refractivity contribution in [2.45, 2.75) is 19.1 Å². The second-order valence-electron chi connectivity index (χ2n) is 6.12. The summed E-state index contributed by atoms with van der Waals surface area (Å²) in [7, 11) is 2.16. The number of aliphatic hydroxyl groups excluding tert-OH is 1. The normalized spacial score (nSPS) is 24.3. The van der Waals surface area contributed by atoms with Crippen molar-refractivity contribution in [3.63, 3.8) is 0 Å². The van der Waals surface area contributed by atoms with Gasteiger partial charge in [0.05, 0.1) is 0 Å². The van der Waals surface area contributed by atoms with Crippen LogP contribution in [0.5, 0.6) is 0 Å². The SMILES string of the molecule is CN1CCN(C(CCO)OCCCN2CCNCC2)CC1. The third kappa shape index (κ3) is 6.18. The van der Waals surface area contributed by atoms with Crippen LogP contribution in [-0.4, -0.2) is 105 Å². The molecule has 0 saturated carbocycles. The summed E-state index contributed by atoms with van der Waals surface area (Å²) in [4.78, 5) is 7.22. The van der Waals surface area contributed by atoms with Gasteiger partial charge in [-0.25, -0.2) is 0 Å². The molecule has 0 radical (unpaired) electrons. The Labute approximate surface area is 129 Å². The van der Waals surface area contributed by atoms with Crippen LogP contribution in [-0.2, 0) is 4.74 Å². The summed E-state index contributed by atoms with van der Waals surface area (Å²) < 4.78 is 6.05. The minimum Gasteiger partial charge on any atom is -0.396 e. The van der Waals surface area contributed by atoms with Gasteiger partial charge in [0, 0.05) is 78.5 Å². The van der Waals surface area contributed by atoms with Gasteiger partial charge in [0.1, 0.15) is 6.23 Å². The molecule has 0 aliphatic carbocycles. The fourth-order valence-corrected chi connectivity index (χ4v) is 3.03. The molecule has 0 bridgehead atoms. The van der Waals surface area contributed by atoms with Gasteiger partial charge in [0.25, 0.3) is 0 Å². The molecule has 1 unspecified atom stereocenters. The number of likely N-dealkylation sites (N-methyl/N-ethyl adjacent to an activating group) is 1. The Bertz CT molecular complexity index is 266. The third-order valence-electron chi connectivity index (χ3n) is 4.46. The number of nitrogens with one attached hydrogen (secondary N) is 1. The lowest BCUT2D eigenvalue weighted by Crippen LogP contribution is -2.50. The third-order valence-corrected chi connectivity index (χ3v) is 4.46. The van der Waals surface area contributed by atoms with Crippen LogP contribution in [0.4, 0.5) is 0 Å². The Morgan fingerprint density at radius 2 is 1.81 bits per heavy atom. The van der Waals surface area contributed by atoms with E-state index in [1.54, 1.807) is 0 Å². The van der Waals surface area contributed by atoms with E-state index in [2.05, 4.69) is 27.1 Å². The maximum absolute atomic E-state index is 9.25. The van der Waals surface area contributed by atoms with E-state index < -0.39 is 0 Å². The molecule has 2 aliphatic heterocycles. The van der Waals surface area contributed by atoms with Gasteiger partial charge in [0.2, 0.25) is 0 Å². The van der Waals surface area contributed by atoms with E-state index in [4.69, 9.17) is 4.74 Å². The highest BCUT2D eigenvalue weighted by atomic mass is 16.5. The smallest absolute Gasteiger partial charge is 0.112 e. The van der Waals surface area contributed by atoms with E-state index in [-0.39, 0.29) is 12.8 Å². The molecule has 124 valence electrons. The van der Waals surface area contributed by atoms with Crippen molar-refractivity contribution in [2.75, 3.05) is 79.2 Å². The monoisotopic (exact) mass is 300 g/mol. The second-order valence-corrected chi connectivity index (χ2v) is 6.12. The molecule has 2 saturated heterocycles. The summed E-state index contributed by atoms with van der Waals surface area (Å²) in [6.07, 6.45) is 1.89. The minimum absolute atomic E-state index is 0.0896. The summed E-state index contributed by atoms with van der Waals surface area (Å²) >= 11 is 0. The van der Waals surface area contributed by atoms with Crippen molar-refractivity contribution in [3.05, 3.63) is 0 Å². The zero-order valence-electron chi connectivity index (χ0n) is 13.5. The highest BCUT2D eigenvalue weighted by molar-refractivity contribution is 4.73. The Balaban J connectivity index is 1.62. The average Bonchev–Trinajstić information content (AvgIpc) is 2.52. The molecule has 0 spiro atoms. The first-order valence-electron chi connectivity index (χ1n) is 8.37. The van der Waals surface area contributed by atoms with Crippen LogP contribution in [0.25, 0.3) is 0 Å². The van der Waals surface area contributed by atoms with E-state index in [1.807, 2.05) is 0 Å². The van der Waals surface area contributed by atoms with E-state index in [1.165, 1.54) is 0 Å². The van der Waals surface area contributed by atoms with Crippen molar-refractivity contribution in [3.8, 4) is 0 Å². The minimum atomic E-state index is 0.0896. The first kappa shape index (κ1) is 17.1. The van der Waals surface area contributed by atoms with Gasteiger partial charge in [-0.05, 0) is 13.5 Å². The Hall–Kier alpha value is -0.240. The van der Waals surface area contributed by atoms with Gasteiger partial charge in [-0.3, -0.25) is 4.90 Å². The van der Waals surface area contributed by atoms with Crippen LogP contribution in [0.15, 0.2) is 0 Å².